The highest BCUT2D eigenvalue weighted by atomic mass is 127. The summed E-state index contributed by atoms with van der Waals surface area (Å²) in [4.78, 5) is 2.31. The van der Waals surface area contributed by atoms with E-state index in [0.29, 0.717) is 6.04 Å². The van der Waals surface area contributed by atoms with Crippen LogP contribution in [0.15, 0.2) is 35.1 Å². The van der Waals surface area contributed by atoms with Crippen molar-refractivity contribution >= 4 is 22.6 Å². The first-order chi connectivity index (χ1) is 7.08. The number of hydrogen-bond donors (Lipinski definition) is 0. The Balaban J connectivity index is 4.64. The average molecular weight is 319 g/mol. The zero-order chi connectivity index (χ0) is 11.8. The molecule has 0 aromatic carbocycles. The second kappa shape index (κ2) is 7.97. The van der Waals surface area contributed by atoms with Crippen molar-refractivity contribution in [1.82, 2.24) is 4.90 Å². The molecule has 0 spiro atoms. The molecule has 0 aliphatic heterocycles. The fraction of sp³-hybridized carbons (Fsp3) is 0.538. The zero-order valence-corrected chi connectivity index (χ0v) is 12.1. The predicted octanol–water partition coefficient (Wildman–Crippen LogP) is 4.52. The quantitative estimate of drug-likeness (QED) is 0.470. The van der Waals surface area contributed by atoms with Crippen molar-refractivity contribution in [3.8, 4) is 0 Å². The van der Waals surface area contributed by atoms with Gasteiger partial charge < -0.3 is 4.90 Å². The van der Waals surface area contributed by atoms with Crippen molar-refractivity contribution in [2.24, 2.45) is 0 Å². The van der Waals surface area contributed by atoms with E-state index in [1.807, 2.05) is 6.08 Å². The van der Waals surface area contributed by atoms with E-state index < -0.39 is 0 Å². The molecular formula is C13H22IN. The summed E-state index contributed by atoms with van der Waals surface area (Å²) < 4.78 is 1.18. The van der Waals surface area contributed by atoms with Crippen LogP contribution in [0.4, 0.5) is 0 Å². The van der Waals surface area contributed by atoms with E-state index in [0.717, 1.165) is 18.7 Å². The molecule has 0 heterocycles. The highest BCUT2D eigenvalue weighted by molar-refractivity contribution is 14.1. The standard InChI is InChI=1S/C13H22IN/c1-6-9-10-15(11(4)7-2)13(8-3)12(5)14/h7,13H,2,4-6,8-10H2,1,3H3. The molecule has 1 atom stereocenters. The minimum Gasteiger partial charge on any atom is -0.365 e. The normalized spacial score (nSPS) is 11.9. The number of halogens is 1. The molecule has 0 aromatic heterocycles. The molecule has 0 bridgehead atoms. The Hall–Kier alpha value is -0.250. The van der Waals surface area contributed by atoms with E-state index in [4.69, 9.17) is 0 Å². The van der Waals surface area contributed by atoms with Crippen LogP contribution >= 0.6 is 22.6 Å². The summed E-state index contributed by atoms with van der Waals surface area (Å²) in [6.07, 6.45) is 5.29. The molecule has 0 aliphatic rings. The van der Waals surface area contributed by atoms with Crippen molar-refractivity contribution in [2.45, 2.75) is 39.2 Å². The fourth-order valence-corrected chi connectivity index (χ4v) is 2.33. The fourth-order valence-electron chi connectivity index (χ4n) is 1.56. The third kappa shape index (κ3) is 4.87. The highest BCUT2D eigenvalue weighted by Gasteiger charge is 2.17. The molecule has 1 unspecified atom stereocenters. The monoisotopic (exact) mass is 319 g/mol. The average Bonchev–Trinajstić information content (AvgIpc) is 2.22. The number of rotatable bonds is 8. The summed E-state index contributed by atoms with van der Waals surface area (Å²) >= 11 is 2.31. The van der Waals surface area contributed by atoms with Crippen molar-refractivity contribution < 1.29 is 0 Å². The molecule has 0 fully saturated rings. The largest absolute Gasteiger partial charge is 0.365 e. The third-order valence-corrected chi connectivity index (χ3v) is 3.20. The van der Waals surface area contributed by atoms with Gasteiger partial charge in [0.05, 0.1) is 6.04 Å². The van der Waals surface area contributed by atoms with E-state index in [9.17, 15) is 0 Å². The van der Waals surface area contributed by atoms with Gasteiger partial charge in [0.15, 0.2) is 0 Å². The molecule has 0 N–H and O–H groups in total. The molecule has 0 amide bonds. The van der Waals surface area contributed by atoms with E-state index in [-0.39, 0.29) is 0 Å². The highest BCUT2D eigenvalue weighted by Crippen LogP contribution is 2.22. The van der Waals surface area contributed by atoms with Gasteiger partial charge in [-0.2, -0.15) is 0 Å². The molecule has 15 heavy (non-hydrogen) atoms. The lowest BCUT2D eigenvalue weighted by molar-refractivity contribution is 0.289. The summed E-state index contributed by atoms with van der Waals surface area (Å²) in [6.45, 7) is 17.3. The lowest BCUT2D eigenvalue weighted by Crippen LogP contribution is -2.34. The molecule has 0 aromatic rings. The van der Waals surface area contributed by atoms with Crippen molar-refractivity contribution in [3.63, 3.8) is 0 Å². The minimum absolute atomic E-state index is 0.391. The van der Waals surface area contributed by atoms with Crippen LogP contribution in [0, 0.1) is 0 Å². The maximum Gasteiger partial charge on any atom is 0.0590 e. The van der Waals surface area contributed by atoms with E-state index in [2.05, 4.69) is 61.1 Å². The second-order valence-electron chi connectivity index (χ2n) is 3.61. The Kier molecular flexibility index (Phi) is 7.83. The van der Waals surface area contributed by atoms with Crippen molar-refractivity contribution in [3.05, 3.63) is 35.1 Å². The van der Waals surface area contributed by atoms with Crippen molar-refractivity contribution in [2.75, 3.05) is 6.54 Å². The van der Waals surface area contributed by atoms with E-state index >= 15 is 0 Å². The van der Waals surface area contributed by atoms with Gasteiger partial charge in [0.2, 0.25) is 0 Å². The molecule has 0 rings (SSSR count). The van der Waals surface area contributed by atoms with Crippen LogP contribution in [0.2, 0.25) is 0 Å². The Morgan fingerprint density at radius 3 is 2.33 bits per heavy atom. The van der Waals surface area contributed by atoms with Gasteiger partial charge in [0.25, 0.3) is 0 Å². The van der Waals surface area contributed by atoms with Crippen molar-refractivity contribution in [1.29, 1.82) is 0 Å². The van der Waals surface area contributed by atoms with Crippen LogP contribution < -0.4 is 0 Å². The topological polar surface area (TPSA) is 3.24 Å². The first-order valence-electron chi connectivity index (χ1n) is 5.50. The van der Waals surface area contributed by atoms with Crippen LogP contribution in [0.3, 0.4) is 0 Å². The molecule has 0 aliphatic carbocycles. The Morgan fingerprint density at radius 1 is 1.40 bits per heavy atom. The van der Waals surface area contributed by atoms with Crippen LogP contribution in [-0.4, -0.2) is 17.5 Å². The van der Waals surface area contributed by atoms with E-state index in [1.54, 1.807) is 0 Å². The van der Waals surface area contributed by atoms with Crippen LogP contribution in [0.25, 0.3) is 0 Å². The van der Waals surface area contributed by atoms with Gasteiger partial charge in [0.1, 0.15) is 0 Å². The molecule has 1 nitrogen and oxygen atoms in total. The van der Waals surface area contributed by atoms with Crippen LogP contribution in [0.5, 0.6) is 0 Å². The Bertz CT molecular complexity index is 233. The molecular weight excluding hydrogens is 297 g/mol. The smallest absolute Gasteiger partial charge is 0.0590 e. The summed E-state index contributed by atoms with van der Waals surface area (Å²) in [5, 5.41) is 0. The number of allylic oxidation sites excluding steroid dienone is 1. The summed E-state index contributed by atoms with van der Waals surface area (Å²) in [6, 6.07) is 0.391. The predicted molar refractivity (Wildman–Crippen MR) is 78.2 cm³/mol. The van der Waals surface area contributed by atoms with Crippen LogP contribution in [0.1, 0.15) is 33.1 Å². The summed E-state index contributed by atoms with van der Waals surface area (Å²) in [5.74, 6) is 0. The lowest BCUT2D eigenvalue weighted by atomic mass is 10.1. The molecule has 0 saturated heterocycles. The molecule has 2 heteroatoms. The third-order valence-electron chi connectivity index (χ3n) is 2.48. The van der Waals surface area contributed by atoms with Gasteiger partial charge in [-0.1, -0.05) is 40.0 Å². The molecule has 0 radical (unpaired) electrons. The minimum atomic E-state index is 0.391. The maximum absolute atomic E-state index is 4.04. The second-order valence-corrected chi connectivity index (χ2v) is 5.00. The van der Waals surface area contributed by atoms with E-state index in [1.165, 1.54) is 16.4 Å². The van der Waals surface area contributed by atoms with Crippen LogP contribution in [-0.2, 0) is 0 Å². The lowest BCUT2D eigenvalue weighted by Gasteiger charge is -2.33. The number of hydrogen-bond acceptors (Lipinski definition) is 1. The number of unbranched alkanes of at least 4 members (excludes halogenated alkanes) is 1. The maximum atomic E-state index is 4.04. The summed E-state index contributed by atoms with van der Waals surface area (Å²) in [5.41, 5.74) is 1.01. The van der Waals surface area contributed by atoms with Gasteiger partial charge in [-0.25, -0.2) is 0 Å². The van der Waals surface area contributed by atoms with Gasteiger partial charge in [0, 0.05) is 15.8 Å². The zero-order valence-electron chi connectivity index (χ0n) is 9.93. The van der Waals surface area contributed by atoms with Gasteiger partial charge in [-0.05, 0) is 41.5 Å². The first-order valence-corrected chi connectivity index (χ1v) is 6.58. The Morgan fingerprint density at radius 2 is 2.00 bits per heavy atom. The van der Waals surface area contributed by atoms with Gasteiger partial charge >= 0.3 is 0 Å². The SMILES string of the molecule is C=CC(=C)N(CCCC)C(CC)C(=C)I. The number of nitrogens with zero attached hydrogens (tertiary/aromatic N) is 1. The molecule has 0 saturated carbocycles. The van der Waals surface area contributed by atoms with Gasteiger partial charge in [-0.3, -0.25) is 0 Å². The Labute approximate surface area is 108 Å². The van der Waals surface area contributed by atoms with Gasteiger partial charge in [-0.15, -0.1) is 0 Å². The summed E-state index contributed by atoms with van der Waals surface area (Å²) in [7, 11) is 0. The molecule has 86 valence electrons. The first kappa shape index (κ1) is 14.8.